The molecular weight excluding hydrogens is 232 g/mol. The van der Waals surface area contributed by atoms with Crippen molar-refractivity contribution in [3.8, 4) is 5.75 Å². The second-order valence-electron chi connectivity index (χ2n) is 4.75. The van der Waals surface area contributed by atoms with E-state index in [0.29, 0.717) is 0 Å². The van der Waals surface area contributed by atoms with Crippen LogP contribution in [-0.4, -0.2) is 0 Å². The number of benzene rings is 3. The standard InChI is InChI=1S/C18H17O/c1-2-3-11-19-18-10-6-9-16-12-14-7-4-5-8-15(14)13-17(16)18/h4-13H,2-3H2,1H3. The number of hydrogen-bond acceptors (Lipinski definition) is 1. The molecule has 0 spiro atoms. The number of unbranched alkanes of at least 4 members (excludes halogenated alkanes) is 1. The quantitative estimate of drug-likeness (QED) is 0.448. The molecule has 0 unspecified atom stereocenters. The molecule has 95 valence electrons. The van der Waals surface area contributed by atoms with Gasteiger partial charge in [0.05, 0.1) is 0 Å². The van der Waals surface area contributed by atoms with E-state index in [1.165, 1.54) is 21.5 Å². The zero-order chi connectivity index (χ0) is 13.1. The Kier molecular flexibility index (Phi) is 3.37. The third kappa shape index (κ3) is 2.41. The van der Waals surface area contributed by atoms with Crippen molar-refractivity contribution in [3.05, 3.63) is 61.2 Å². The minimum absolute atomic E-state index is 0.941. The zero-order valence-corrected chi connectivity index (χ0v) is 11.1. The lowest BCUT2D eigenvalue weighted by atomic mass is 10.0. The highest BCUT2D eigenvalue weighted by molar-refractivity contribution is 6.00. The summed E-state index contributed by atoms with van der Waals surface area (Å²) in [5.41, 5.74) is 0. The fourth-order valence-electron chi connectivity index (χ4n) is 2.31. The van der Waals surface area contributed by atoms with Crippen molar-refractivity contribution in [1.29, 1.82) is 0 Å². The maximum Gasteiger partial charge on any atom is 0.135 e. The van der Waals surface area contributed by atoms with Crippen LogP contribution in [0.5, 0.6) is 5.75 Å². The highest BCUT2D eigenvalue weighted by Gasteiger charge is 2.04. The lowest BCUT2D eigenvalue weighted by Crippen LogP contribution is -1.90. The van der Waals surface area contributed by atoms with Gasteiger partial charge >= 0.3 is 0 Å². The fraction of sp³-hybridized carbons (Fsp3) is 0.167. The van der Waals surface area contributed by atoms with E-state index >= 15 is 0 Å². The summed E-state index contributed by atoms with van der Waals surface area (Å²) in [6.45, 7) is 4.04. The Bertz CT molecular complexity index is 700. The van der Waals surface area contributed by atoms with Crippen molar-refractivity contribution in [1.82, 2.24) is 0 Å². The summed E-state index contributed by atoms with van der Waals surface area (Å²) in [6.07, 6.45) is 2.08. The van der Waals surface area contributed by atoms with Crippen molar-refractivity contribution in [2.45, 2.75) is 19.8 Å². The lowest BCUT2D eigenvalue weighted by molar-refractivity contribution is 0.394. The second kappa shape index (κ2) is 5.31. The number of fused-ring (bicyclic) bond motifs is 2. The van der Waals surface area contributed by atoms with Gasteiger partial charge in [-0.05, 0) is 40.8 Å². The first kappa shape index (κ1) is 12.0. The van der Waals surface area contributed by atoms with Gasteiger partial charge in [0.25, 0.3) is 0 Å². The molecule has 0 aliphatic heterocycles. The molecule has 0 atom stereocenters. The summed E-state index contributed by atoms with van der Waals surface area (Å²) >= 11 is 0. The van der Waals surface area contributed by atoms with Gasteiger partial charge in [0.15, 0.2) is 0 Å². The predicted molar refractivity (Wildman–Crippen MR) is 81.3 cm³/mol. The van der Waals surface area contributed by atoms with E-state index in [4.69, 9.17) is 4.74 Å². The first-order valence-corrected chi connectivity index (χ1v) is 6.78. The van der Waals surface area contributed by atoms with Gasteiger partial charge in [-0.15, -0.1) is 0 Å². The van der Waals surface area contributed by atoms with Crippen molar-refractivity contribution >= 4 is 21.5 Å². The molecule has 0 aliphatic carbocycles. The molecule has 19 heavy (non-hydrogen) atoms. The molecule has 0 amide bonds. The Hall–Kier alpha value is -2.02. The summed E-state index contributed by atoms with van der Waals surface area (Å²) in [6, 6.07) is 19.1. The van der Waals surface area contributed by atoms with Crippen LogP contribution in [0.2, 0.25) is 0 Å². The third-order valence-corrected chi connectivity index (χ3v) is 3.32. The van der Waals surface area contributed by atoms with Crippen LogP contribution in [0, 0.1) is 6.61 Å². The first-order valence-electron chi connectivity index (χ1n) is 6.78. The number of rotatable bonds is 4. The monoisotopic (exact) mass is 249 g/mol. The Morgan fingerprint density at radius 3 is 2.42 bits per heavy atom. The molecule has 0 aliphatic rings. The fourth-order valence-corrected chi connectivity index (χ4v) is 2.31. The van der Waals surface area contributed by atoms with Crippen LogP contribution in [0.3, 0.4) is 0 Å². The summed E-state index contributed by atoms with van der Waals surface area (Å²) in [4.78, 5) is 0. The molecular formula is C18H17O. The smallest absolute Gasteiger partial charge is 0.135 e. The molecule has 3 rings (SSSR count). The van der Waals surface area contributed by atoms with Crippen LogP contribution >= 0.6 is 0 Å². The highest BCUT2D eigenvalue weighted by atomic mass is 16.5. The largest absolute Gasteiger partial charge is 0.486 e. The SMILES string of the molecule is CCC[CH]Oc1cccc2cc3ccccc3cc12. The molecule has 1 heteroatoms. The second-order valence-corrected chi connectivity index (χ2v) is 4.75. The molecule has 0 bridgehead atoms. The molecule has 0 aromatic heterocycles. The summed E-state index contributed by atoms with van der Waals surface area (Å²) in [5.74, 6) is 0.941. The molecule has 3 aromatic carbocycles. The molecule has 1 radical (unpaired) electrons. The summed E-state index contributed by atoms with van der Waals surface area (Å²) in [7, 11) is 0. The minimum atomic E-state index is 0.941. The van der Waals surface area contributed by atoms with Gasteiger partial charge in [-0.1, -0.05) is 49.7 Å². The Morgan fingerprint density at radius 1 is 0.895 bits per heavy atom. The zero-order valence-electron chi connectivity index (χ0n) is 11.1. The minimum Gasteiger partial charge on any atom is -0.486 e. The van der Waals surface area contributed by atoms with Gasteiger partial charge in [0.1, 0.15) is 12.4 Å². The Labute approximate surface area is 113 Å². The van der Waals surface area contributed by atoms with E-state index in [2.05, 4.69) is 49.4 Å². The van der Waals surface area contributed by atoms with Crippen LogP contribution in [-0.2, 0) is 0 Å². The Morgan fingerprint density at radius 2 is 1.63 bits per heavy atom. The predicted octanol–water partition coefficient (Wildman–Crippen LogP) is 5.33. The van der Waals surface area contributed by atoms with Gasteiger partial charge in [-0.3, -0.25) is 0 Å². The van der Waals surface area contributed by atoms with Crippen molar-refractivity contribution in [3.63, 3.8) is 0 Å². The topological polar surface area (TPSA) is 9.23 Å². The van der Waals surface area contributed by atoms with Crippen LogP contribution in [0.25, 0.3) is 21.5 Å². The van der Waals surface area contributed by atoms with E-state index in [0.717, 1.165) is 18.6 Å². The number of hydrogen-bond donors (Lipinski definition) is 0. The molecule has 0 N–H and O–H groups in total. The molecule has 3 aromatic rings. The van der Waals surface area contributed by atoms with Gasteiger partial charge in [-0.2, -0.15) is 0 Å². The maximum atomic E-state index is 5.78. The molecule has 0 fully saturated rings. The lowest BCUT2D eigenvalue weighted by Gasteiger charge is -2.09. The molecule has 0 saturated carbocycles. The molecule has 1 nitrogen and oxygen atoms in total. The van der Waals surface area contributed by atoms with E-state index in [1.54, 1.807) is 0 Å². The van der Waals surface area contributed by atoms with E-state index < -0.39 is 0 Å². The van der Waals surface area contributed by atoms with Crippen molar-refractivity contribution in [2.75, 3.05) is 0 Å². The van der Waals surface area contributed by atoms with Crippen molar-refractivity contribution < 1.29 is 4.74 Å². The highest BCUT2D eigenvalue weighted by Crippen LogP contribution is 2.30. The van der Waals surface area contributed by atoms with Crippen LogP contribution in [0.4, 0.5) is 0 Å². The van der Waals surface area contributed by atoms with Crippen molar-refractivity contribution in [2.24, 2.45) is 0 Å². The van der Waals surface area contributed by atoms with E-state index in [1.807, 2.05) is 18.7 Å². The van der Waals surface area contributed by atoms with Gasteiger partial charge < -0.3 is 4.74 Å². The Balaban J connectivity index is 2.09. The average Bonchev–Trinajstić information content (AvgIpc) is 2.46. The van der Waals surface area contributed by atoms with Gasteiger partial charge in [-0.25, -0.2) is 0 Å². The average molecular weight is 249 g/mol. The van der Waals surface area contributed by atoms with Gasteiger partial charge in [0.2, 0.25) is 0 Å². The number of ether oxygens (including phenoxy) is 1. The summed E-state index contributed by atoms with van der Waals surface area (Å²) in [5, 5.41) is 4.92. The maximum absolute atomic E-state index is 5.78. The summed E-state index contributed by atoms with van der Waals surface area (Å²) < 4.78 is 5.78. The molecule has 0 heterocycles. The van der Waals surface area contributed by atoms with Crippen LogP contribution in [0.1, 0.15) is 19.8 Å². The van der Waals surface area contributed by atoms with E-state index in [-0.39, 0.29) is 0 Å². The van der Waals surface area contributed by atoms with Gasteiger partial charge in [0, 0.05) is 5.39 Å². The van der Waals surface area contributed by atoms with Crippen LogP contribution < -0.4 is 4.74 Å². The van der Waals surface area contributed by atoms with Crippen LogP contribution in [0.15, 0.2) is 54.6 Å². The first-order chi connectivity index (χ1) is 9.38. The van der Waals surface area contributed by atoms with E-state index in [9.17, 15) is 0 Å². The molecule has 0 saturated heterocycles. The normalized spacial score (nSPS) is 11.0. The third-order valence-electron chi connectivity index (χ3n) is 3.32.